The van der Waals surface area contributed by atoms with Crippen molar-refractivity contribution in [2.24, 2.45) is 0 Å². The molecule has 0 bridgehead atoms. The first-order chi connectivity index (χ1) is 14.8. The first kappa shape index (κ1) is 17.5. The van der Waals surface area contributed by atoms with Crippen molar-refractivity contribution in [3.05, 3.63) is 17.8 Å². The zero-order valence-electron chi connectivity index (χ0n) is 19.3. The molecule has 0 aliphatic carbocycles. The zero-order valence-corrected chi connectivity index (χ0v) is 17.1. The highest BCUT2D eigenvalue weighted by atomic mass is 35.5. The molecule has 7 atom stereocenters. The molecule has 1 fully saturated rings. The summed E-state index contributed by atoms with van der Waals surface area (Å²) < 4.78 is 49.1. The van der Waals surface area contributed by atoms with E-state index in [0.717, 1.165) is 0 Å². The third-order valence-corrected chi connectivity index (χ3v) is 4.63. The molecule has 0 N–H and O–H groups in total. The van der Waals surface area contributed by atoms with Crippen LogP contribution in [0.5, 0.6) is 0 Å². The van der Waals surface area contributed by atoms with E-state index in [2.05, 4.69) is 15.0 Å². The van der Waals surface area contributed by atoms with Crippen molar-refractivity contribution in [2.45, 2.75) is 64.5 Å². The number of rotatable bonds is 11. The highest BCUT2D eigenvalue weighted by Gasteiger charge is 2.47. The second-order valence-electron chi connectivity index (χ2n) is 6.41. The van der Waals surface area contributed by atoms with E-state index < -0.39 is 37.3 Å². The maximum absolute atomic E-state index is 7.85. The fraction of sp³-hybridized carbons (Fsp3) is 0.737. The Bertz CT molecular complexity index is 842. The molecule has 0 spiro atoms. The predicted molar refractivity (Wildman–Crippen MR) is 105 cm³/mol. The number of hydrogen-bond donors (Lipinski definition) is 0. The standard InChI is InChI=1S/C19H29ClN4O4/c1-4-7-25-10-13-15(26-8-5-2)16(27-9-6-3)19(28-13)24-12-23-14-17(20)21-11-22-18(14)24/h11-13,15-16,19H,4-10H2,1-3H3/t13-,15-,16-,19?/m1/s1/i4D,5D,6D/t4?,5?,6?,13-,15-,16-,19?. The van der Waals surface area contributed by atoms with Crippen molar-refractivity contribution in [3.8, 4) is 0 Å². The van der Waals surface area contributed by atoms with Gasteiger partial charge in [0.25, 0.3) is 0 Å². The van der Waals surface area contributed by atoms with Gasteiger partial charge in [-0.05, 0) is 19.2 Å². The van der Waals surface area contributed by atoms with Gasteiger partial charge in [-0.1, -0.05) is 32.4 Å². The van der Waals surface area contributed by atoms with E-state index >= 15 is 0 Å². The molecule has 4 unspecified atom stereocenters. The topological polar surface area (TPSA) is 80.5 Å². The summed E-state index contributed by atoms with van der Waals surface area (Å²) >= 11 is 6.15. The monoisotopic (exact) mass is 415 g/mol. The fourth-order valence-corrected chi connectivity index (χ4v) is 3.35. The van der Waals surface area contributed by atoms with Crippen molar-refractivity contribution in [2.75, 3.05) is 26.4 Å². The van der Waals surface area contributed by atoms with Crippen LogP contribution < -0.4 is 0 Å². The Morgan fingerprint density at radius 3 is 2.50 bits per heavy atom. The van der Waals surface area contributed by atoms with Crippen molar-refractivity contribution >= 4 is 22.8 Å². The summed E-state index contributed by atoms with van der Waals surface area (Å²) in [6, 6.07) is 0. The highest BCUT2D eigenvalue weighted by molar-refractivity contribution is 6.33. The number of imidazole rings is 1. The van der Waals surface area contributed by atoms with Crippen molar-refractivity contribution in [1.82, 2.24) is 19.5 Å². The van der Waals surface area contributed by atoms with E-state index in [1.165, 1.54) is 6.33 Å². The largest absolute Gasteiger partial charge is 0.379 e. The summed E-state index contributed by atoms with van der Waals surface area (Å²) in [6.45, 7) is 6.07. The molecule has 3 heterocycles. The van der Waals surface area contributed by atoms with Gasteiger partial charge in [-0.2, -0.15) is 0 Å². The molecule has 0 aromatic carbocycles. The third kappa shape index (κ3) is 4.63. The number of halogens is 1. The van der Waals surface area contributed by atoms with Gasteiger partial charge in [0.1, 0.15) is 30.2 Å². The number of hydrogen-bond acceptors (Lipinski definition) is 7. The van der Waals surface area contributed by atoms with Gasteiger partial charge in [-0.15, -0.1) is 0 Å². The second-order valence-corrected chi connectivity index (χ2v) is 6.77. The minimum atomic E-state index is -0.650. The molecule has 2 aromatic rings. The Hall–Kier alpha value is -1.32. The van der Waals surface area contributed by atoms with Gasteiger partial charge < -0.3 is 18.9 Å². The lowest BCUT2D eigenvalue weighted by Crippen LogP contribution is -2.39. The lowest BCUT2D eigenvalue weighted by molar-refractivity contribution is -0.0791. The minimum Gasteiger partial charge on any atom is -0.379 e. The Morgan fingerprint density at radius 1 is 1.07 bits per heavy atom. The van der Waals surface area contributed by atoms with Crippen LogP contribution in [0.3, 0.4) is 0 Å². The van der Waals surface area contributed by atoms with Gasteiger partial charge in [0.05, 0.1) is 12.9 Å². The molecule has 0 radical (unpaired) electrons. The van der Waals surface area contributed by atoms with Crippen LogP contribution >= 0.6 is 11.6 Å². The average Bonchev–Trinajstić information content (AvgIpc) is 3.26. The SMILES string of the molecule is [2H]C(C)COC[C@H]1OC(n2cnc3c(Cl)ncnc32)[C@H](OCC([2H])C)[C@@H]1OCC([2H])C. The van der Waals surface area contributed by atoms with E-state index in [0.29, 0.717) is 11.2 Å². The number of aromatic nitrogens is 4. The molecule has 0 amide bonds. The molecule has 9 heteroatoms. The molecule has 1 aliphatic heterocycles. The predicted octanol–water partition coefficient (Wildman–Crippen LogP) is 3.39. The molecule has 1 aliphatic rings. The normalized spacial score (nSPS) is 29.9. The lowest BCUT2D eigenvalue weighted by atomic mass is 10.1. The second kappa shape index (κ2) is 10.5. The van der Waals surface area contributed by atoms with E-state index in [-0.39, 0.29) is 38.0 Å². The van der Waals surface area contributed by atoms with Crippen LogP contribution in [0.15, 0.2) is 12.7 Å². The minimum absolute atomic E-state index is 0.181. The van der Waals surface area contributed by atoms with Crippen LogP contribution in [0.4, 0.5) is 0 Å². The smallest absolute Gasteiger partial charge is 0.167 e. The summed E-state index contributed by atoms with van der Waals surface area (Å²) in [6.07, 6.45) is -0.575. The van der Waals surface area contributed by atoms with E-state index in [1.54, 1.807) is 31.7 Å². The Balaban J connectivity index is 1.91. The fourth-order valence-electron chi connectivity index (χ4n) is 3.17. The Labute approximate surface area is 174 Å². The van der Waals surface area contributed by atoms with Gasteiger partial charge in [-0.3, -0.25) is 4.57 Å². The number of fused-ring (bicyclic) bond motifs is 1. The van der Waals surface area contributed by atoms with Crippen LogP contribution in [-0.4, -0.2) is 64.3 Å². The summed E-state index contributed by atoms with van der Waals surface area (Å²) in [4.78, 5) is 12.6. The Kier molecular flexibility index (Phi) is 6.55. The van der Waals surface area contributed by atoms with Crippen LogP contribution in [0, 0.1) is 0 Å². The van der Waals surface area contributed by atoms with Crippen molar-refractivity contribution in [1.29, 1.82) is 0 Å². The maximum atomic E-state index is 7.85. The van der Waals surface area contributed by atoms with Gasteiger partial charge in [0, 0.05) is 23.9 Å². The summed E-state index contributed by atoms with van der Waals surface area (Å²) in [5.74, 6) is 0. The summed E-state index contributed by atoms with van der Waals surface area (Å²) in [7, 11) is 0. The van der Waals surface area contributed by atoms with E-state index in [9.17, 15) is 0 Å². The average molecular weight is 416 g/mol. The molecule has 2 aromatic heterocycles. The zero-order chi connectivity index (χ0) is 22.5. The van der Waals surface area contributed by atoms with Gasteiger partial charge >= 0.3 is 0 Å². The molecular weight excluding hydrogens is 384 g/mol. The van der Waals surface area contributed by atoms with Gasteiger partial charge in [0.15, 0.2) is 17.0 Å². The number of ether oxygens (including phenoxy) is 4. The molecule has 3 rings (SSSR count). The number of nitrogens with zero attached hydrogens (tertiary/aromatic N) is 4. The summed E-state index contributed by atoms with van der Waals surface area (Å²) in [5, 5.41) is 0.235. The molecular formula is C19H29ClN4O4. The van der Waals surface area contributed by atoms with E-state index in [4.69, 9.17) is 34.7 Å². The molecule has 156 valence electrons. The third-order valence-electron chi connectivity index (χ3n) is 4.35. The van der Waals surface area contributed by atoms with Crippen molar-refractivity contribution in [3.63, 3.8) is 0 Å². The van der Waals surface area contributed by atoms with Crippen LogP contribution in [0.25, 0.3) is 11.2 Å². The lowest BCUT2D eigenvalue weighted by Gasteiger charge is -2.25. The van der Waals surface area contributed by atoms with Crippen LogP contribution in [0.1, 0.15) is 50.3 Å². The maximum Gasteiger partial charge on any atom is 0.167 e. The molecule has 8 nitrogen and oxygen atoms in total. The van der Waals surface area contributed by atoms with Crippen LogP contribution in [0.2, 0.25) is 5.15 Å². The highest BCUT2D eigenvalue weighted by Crippen LogP contribution is 2.36. The molecule has 0 saturated carbocycles. The molecule has 1 saturated heterocycles. The molecule has 28 heavy (non-hydrogen) atoms. The first-order valence-electron chi connectivity index (χ1n) is 11.1. The van der Waals surface area contributed by atoms with Gasteiger partial charge in [0.2, 0.25) is 0 Å². The van der Waals surface area contributed by atoms with Crippen LogP contribution in [-0.2, 0) is 18.9 Å². The quantitative estimate of drug-likeness (QED) is 0.520. The summed E-state index contributed by atoms with van der Waals surface area (Å²) in [5.41, 5.74) is 0.937. The first-order valence-corrected chi connectivity index (χ1v) is 9.71. The van der Waals surface area contributed by atoms with Gasteiger partial charge in [-0.25, -0.2) is 15.0 Å². The Morgan fingerprint density at radius 2 is 1.79 bits per heavy atom. The van der Waals surface area contributed by atoms with E-state index in [1.807, 2.05) is 0 Å². The van der Waals surface area contributed by atoms with Crippen molar-refractivity contribution < 1.29 is 23.1 Å².